The number of hydrogen-bond acceptors (Lipinski definition) is 4. The molecule has 17 heavy (non-hydrogen) atoms. The third-order valence-corrected chi connectivity index (χ3v) is 2.82. The second kappa shape index (κ2) is 5.23. The summed E-state index contributed by atoms with van der Waals surface area (Å²) in [4.78, 5) is 11.0. The minimum atomic E-state index is -0.393. The zero-order valence-corrected chi connectivity index (χ0v) is 10.8. The summed E-state index contributed by atoms with van der Waals surface area (Å²) in [5.74, 6) is 0.984. The number of carbonyl (C=O) groups excluding carboxylic acids is 1. The lowest BCUT2D eigenvalue weighted by atomic mass is 10.2. The minimum Gasteiger partial charge on any atom is -0.486 e. The molecule has 0 atom stereocenters. The van der Waals surface area contributed by atoms with Gasteiger partial charge >= 0.3 is 5.97 Å². The number of esters is 1. The lowest BCUT2D eigenvalue weighted by Gasteiger charge is -2.19. The predicted octanol–water partition coefficient (Wildman–Crippen LogP) is 2.41. The van der Waals surface area contributed by atoms with Gasteiger partial charge < -0.3 is 14.2 Å². The van der Waals surface area contributed by atoms with Gasteiger partial charge in [0.05, 0.1) is 11.6 Å². The van der Waals surface area contributed by atoms with E-state index in [0.29, 0.717) is 24.7 Å². The van der Waals surface area contributed by atoms with Gasteiger partial charge in [-0.2, -0.15) is 0 Å². The Morgan fingerprint density at radius 1 is 1.41 bits per heavy atom. The maximum absolute atomic E-state index is 11.0. The Bertz CT molecular complexity index is 468. The second-order valence-corrected chi connectivity index (χ2v) is 4.24. The molecule has 5 heteroatoms. The van der Waals surface area contributed by atoms with Crippen LogP contribution < -0.4 is 9.47 Å². The van der Waals surface area contributed by atoms with Gasteiger partial charge in [0.2, 0.25) is 0 Å². The number of benzene rings is 1. The molecule has 0 unspecified atom stereocenters. The van der Waals surface area contributed by atoms with Crippen LogP contribution in [0.15, 0.2) is 22.7 Å². The monoisotopic (exact) mass is 298 g/mol. The summed E-state index contributed by atoms with van der Waals surface area (Å²) in [7, 11) is 1.34. The van der Waals surface area contributed by atoms with Crippen LogP contribution in [-0.2, 0) is 9.53 Å². The first-order valence-corrected chi connectivity index (χ1v) is 5.85. The average Bonchev–Trinajstić information content (AvgIpc) is 2.36. The van der Waals surface area contributed by atoms with Crippen LogP contribution in [0.5, 0.6) is 11.5 Å². The number of hydrogen-bond donors (Lipinski definition) is 0. The molecule has 0 aromatic heterocycles. The first-order valence-electron chi connectivity index (χ1n) is 5.06. The third-order valence-electron chi connectivity index (χ3n) is 2.23. The molecular formula is C12H11BrO4. The molecule has 0 amide bonds. The average molecular weight is 299 g/mol. The van der Waals surface area contributed by atoms with Gasteiger partial charge in [0, 0.05) is 6.08 Å². The molecule has 0 aliphatic carbocycles. The second-order valence-electron chi connectivity index (χ2n) is 3.38. The van der Waals surface area contributed by atoms with Crippen molar-refractivity contribution in [3.8, 4) is 11.5 Å². The molecule has 0 fully saturated rings. The number of rotatable bonds is 2. The molecule has 0 saturated carbocycles. The zero-order valence-electron chi connectivity index (χ0n) is 9.23. The first-order chi connectivity index (χ1) is 8.20. The van der Waals surface area contributed by atoms with Crippen molar-refractivity contribution in [2.75, 3.05) is 20.3 Å². The Labute approximate surface area is 107 Å². The highest BCUT2D eigenvalue weighted by atomic mass is 79.9. The summed E-state index contributed by atoms with van der Waals surface area (Å²) >= 11 is 3.40. The molecule has 4 nitrogen and oxygen atoms in total. The number of methoxy groups -OCH3 is 1. The lowest BCUT2D eigenvalue weighted by molar-refractivity contribution is -0.134. The highest BCUT2D eigenvalue weighted by Crippen LogP contribution is 2.38. The zero-order chi connectivity index (χ0) is 12.3. The summed E-state index contributed by atoms with van der Waals surface area (Å²) in [6.07, 6.45) is 3.02. The van der Waals surface area contributed by atoms with Crippen LogP contribution in [0, 0.1) is 0 Å². The molecule has 90 valence electrons. The van der Waals surface area contributed by atoms with E-state index in [9.17, 15) is 4.79 Å². The van der Waals surface area contributed by atoms with Gasteiger partial charge in [0.25, 0.3) is 0 Å². The molecule has 1 aliphatic heterocycles. The smallest absolute Gasteiger partial charge is 0.330 e. The molecule has 0 spiro atoms. The molecule has 0 radical (unpaired) electrons. The Hall–Kier alpha value is -1.49. The van der Waals surface area contributed by atoms with E-state index < -0.39 is 5.97 Å². The number of halogens is 1. The standard InChI is InChI=1S/C12H11BrO4/c1-15-11(14)3-2-8-6-9(13)12-10(7-8)16-4-5-17-12/h2-3,6-7H,4-5H2,1H3/b3-2+. The topological polar surface area (TPSA) is 44.8 Å². The van der Waals surface area contributed by atoms with Crippen molar-refractivity contribution >= 4 is 28.0 Å². The van der Waals surface area contributed by atoms with Crippen LogP contribution in [0.1, 0.15) is 5.56 Å². The van der Waals surface area contributed by atoms with E-state index in [-0.39, 0.29) is 0 Å². The van der Waals surface area contributed by atoms with Gasteiger partial charge in [0.1, 0.15) is 13.2 Å². The fourth-order valence-corrected chi connectivity index (χ4v) is 2.03. The van der Waals surface area contributed by atoms with E-state index in [1.165, 1.54) is 13.2 Å². The number of fused-ring (bicyclic) bond motifs is 1. The molecule has 0 saturated heterocycles. The molecule has 2 rings (SSSR count). The highest BCUT2D eigenvalue weighted by molar-refractivity contribution is 9.10. The van der Waals surface area contributed by atoms with E-state index in [2.05, 4.69) is 20.7 Å². The largest absolute Gasteiger partial charge is 0.486 e. The Kier molecular flexibility index (Phi) is 3.68. The molecular weight excluding hydrogens is 288 g/mol. The predicted molar refractivity (Wildman–Crippen MR) is 66.2 cm³/mol. The van der Waals surface area contributed by atoms with E-state index in [1.54, 1.807) is 6.08 Å². The van der Waals surface area contributed by atoms with Crippen LogP contribution in [0.25, 0.3) is 6.08 Å². The van der Waals surface area contributed by atoms with E-state index >= 15 is 0 Å². The minimum absolute atomic E-state index is 0.393. The maximum Gasteiger partial charge on any atom is 0.330 e. The van der Waals surface area contributed by atoms with Crippen molar-refractivity contribution < 1.29 is 19.0 Å². The summed E-state index contributed by atoms with van der Waals surface area (Å²) in [5.41, 5.74) is 0.839. The van der Waals surface area contributed by atoms with Crippen molar-refractivity contribution in [1.29, 1.82) is 0 Å². The molecule has 1 aromatic carbocycles. The lowest BCUT2D eigenvalue weighted by Crippen LogP contribution is -2.15. The summed E-state index contributed by atoms with van der Waals surface area (Å²) in [5, 5.41) is 0. The van der Waals surface area contributed by atoms with Crippen LogP contribution in [-0.4, -0.2) is 26.3 Å². The van der Waals surface area contributed by atoms with E-state index in [0.717, 1.165) is 10.0 Å². The maximum atomic E-state index is 11.0. The van der Waals surface area contributed by atoms with Gasteiger partial charge in [-0.3, -0.25) is 0 Å². The van der Waals surface area contributed by atoms with Gasteiger partial charge in [-0.25, -0.2) is 4.79 Å². The van der Waals surface area contributed by atoms with Gasteiger partial charge in [0.15, 0.2) is 11.5 Å². The van der Waals surface area contributed by atoms with Crippen molar-refractivity contribution in [3.63, 3.8) is 0 Å². The molecule has 1 heterocycles. The van der Waals surface area contributed by atoms with Gasteiger partial charge in [-0.05, 0) is 39.7 Å². The van der Waals surface area contributed by atoms with E-state index in [1.807, 2.05) is 12.1 Å². The quantitative estimate of drug-likeness (QED) is 0.621. The normalized spacial score (nSPS) is 13.8. The van der Waals surface area contributed by atoms with Gasteiger partial charge in [-0.15, -0.1) is 0 Å². The third kappa shape index (κ3) is 2.79. The fourth-order valence-electron chi connectivity index (χ4n) is 1.46. The number of carbonyl (C=O) groups is 1. The summed E-state index contributed by atoms with van der Waals surface area (Å²) in [6, 6.07) is 3.67. The van der Waals surface area contributed by atoms with Crippen molar-refractivity contribution in [3.05, 3.63) is 28.2 Å². The number of ether oxygens (including phenoxy) is 3. The van der Waals surface area contributed by atoms with Crippen molar-refractivity contribution in [2.45, 2.75) is 0 Å². The first kappa shape index (κ1) is 12.0. The van der Waals surface area contributed by atoms with Crippen LogP contribution in [0.3, 0.4) is 0 Å². The van der Waals surface area contributed by atoms with Crippen LogP contribution in [0.2, 0.25) is 0 Å². The molecule has 0 bridgehead atoms. The van der Waals surface area contributed by atoms with Crippen LogP contribution >= 0.6 is 15.9 Å². The fraction of sp³-hybridized carbons (Fsp3) is 0.250. The van der Waals surface area contributed by atoms with E-state index in [4.69, 9.17) is 9.47 Å². The Balaban J connectivity index is 2.28. The van der Waals surface area contributed by atoms with Gasteiger partial charge in [-0.1, -0.05) is 0 Å². The molecule has 0 N–H and O–H groups in total. The Morgan fingerprint density at radius 3 is 2.94 bits per heavy atom. The molecule has 1 aromatic rings. The summed E-state index contributed by atoms with van der Waals surface area (Å²) < 4.78 is 16.3. The summed E-state index contributed by atoms with van der Waals surface area (Å²) in [6.45, 7) is 1.08. The van der Waals surface area contributed by atoms with Crippen molar-refractivity contribution in [2.24, 2.45) is 0 Å². The molecule has 1 aliphatic rings. The highest BCUT2D eigenvalue weighted by Gasteiger charge is 2.15. The van der Waals surface area contributed by atoms with Crippen LogP contribution in [0.4, 0.5) is 0 Å². The van der Waals surface area contributed by atoms with Crippen molar-refractivity contribution in [1.82, 2.24) is 0 Å². The Morgan fingerprint density at radius 2 is 2.18 bits per heavy atom. The SMILES string of the molecule is COC(=O)/C=C/c1cc(Br)c2c(c1)OCCO2.